The number of piperazine rings is 1. The smallest absolute Gasteiger partial charge is 0.222 e. The molecule has 0 unspecified atom stereocenters. The third-order valence-electron chi connectivity index (χ3n) is 6.03. The summed E-state index contributed by atoms with van der Waals surface area (Å²) in [6.07, 6.45) is 5.97. The minimum absolute atomic E-state index is 0.0445. The number of amides is 2. The molecule has 142 valence electrons. The van der Waals surface area contributed by atoms with Crippen molar-refractivity contribution in [3.05, 3.63) is 35.9 Å². The number of carbonyl (C=O) groups is 2. The van der Waals surface area contributed by atoms with Crippen LogP contribution in [-0.2, 0) is 16.0 Å². The van der Waals surface area contributed by atoms with Crippen LogP contribution >= 0.6 is 0 Å². The van der Waals surface area contributed by atoms with Crippen LogP contribution in [0.3, 0.4) is 0 Å². The fourth-order valence-corrected chi connectivity index (χ4v) is 4.22. The van der Waals surface area contributed by atoms with Gasteiger partial charge in [-0.05, 0) is 44.7 Å². The Hall–Kier alpha value is -1.88. The predicted molar refractivity (Wildman–Crippen MR) is 103 cm³/mol. The molecular formula is C21H31N3O2. The van der Waals surface area contributed by atoms with E-state index in [-0.39, 0.29) is 17.4 Å². The van der Waals surface area contributed by atoms with Gasteiger partial charge >= 0.3 is 0 Å². The first kappa shape index (κ1) is 18.9. The molecule has 2 aliphatic rings. The van der Waals surface area contributed by atoms with Crippen molar-refractivity contribution in [1.29, 1.82) is 0 Å². The van der Waals surface area contributed by atoms with E-state index in [9.17, 15) is 9.59 Å². The third-order valence-corrected chi connectivity index (χ3v) is 6.03. The van der Waals surface area contributed by atoms with E-state index in [4.69, 9.17) is 0 Å². The van der Waals surface area contributed by atoms with Gasteiger partial charge in [0, 0.05) is 44.6 Å². The molecular weight excluding hydrogens is 326 g/mol. The molecule has 2 amide bonds. The largest absolute Gasteiger partial charge is 0.356 e. The van der Waals surface area contributed by atoms with Gasteiger partial charge in [-0.3, -0.25) is 14.5 Å². The molecule has 0 saturated carbocycles. The molecule has 2 aliphatic heterocycles. The van der Waals surface area contributed by atoms with Gasteiger partial charge in [-0.2, -0.15) is 0 Å². The first-order valence-electron chi connectivity index (χ1n) is 9.89. The summed E-state index contributed by atoms with van der Waals surface area (Å²) in [6, 6.07) is 10.5. The number of likely N-dealkylation sites (N-methyl/N-ethyl adjacent to an activating group) is 1. The maximum atomic E-state index is 12.7. The highest BCUT2D eigenvalue weighted by Gasteiger charge is 2.41. The van der Waals surface area contributed by atoms with Crippen LogP contribution in [0.25, 0.3) is 0 Å². The molecule has 3 rings (SSSR count). The Bertz CT molecular complexity index is 619. The van der Waals surface area contributed by atoms with Gasteiger partial charge in [-0.25, -0.2) is 0 Å². The van der Waals surface area contributed by atoms with Gasteiger partial charge in [0.05, 0.1) is 0 Å². The quantitative estimate of drug-likeness (QED) is 0.822. The van der Waals surface area contributed by atoms with Gasteiger partial charge < -0.3 is 10.2 Å². The zero-order valence-corrected chi connectivity index (χ0v) is 15.9. The standard InChI is InChI=1S/C21H31N3O2/c1-23-15-16-24(17-21(23)12-11-19(25)22-14-13-21)20(26)10-6-5-9-18-7-3-2-4-8-18/h2-4,7-8H,5-6,9-17H2,1H3,(H,22,25)/t21-/m1/s1. The number of nitrogens with zero attached hydrogens (tertiary/aromatic N) is 2. The molecule has 1 atom stereocenters. The van der Waals surface area contributed by atoms with Crippen LogP contribution in [-0.4, -0.2) is 60.4 Å². The van der Waals surface area contributed by atoms with Crippen LogP contribution in [0.5, 0.6) is 0 Å². The van der Waals surface area contributed by atoms with E-state index in [0.29, 0.717) is 19.4 Å². The molecule has 0 aromatic heterocycles. The fraction of sp³-hybridized carbons (Fsp3) is 0.619. The fourth-order valence-electron chi connectivity index (χ4n) is 4.22. The summed E-state index contributed by atoms with van der Waals surface area (Å²) in [5, 5.41) is 2.97. The Labute approximate surface area is 156 Å². The van der Waals surface area contributed by atoms with Crippen LogP contribution in [0.1, 0.15) is 44.1 Å². The number of carbonyl (C=O) groups excluding carboxylic acids is 2. The summed E-state index contributed by atoms with van der Waals surface area (Å²) >= 11 is 0. The van der Waals surface area contributed by atoms with E-state index in [1.807, 2.05) is 11.0 Å². The van der Waals surface area contributed by atoms with Gasteiger partial charge in [-0.1, -0.05) is 30.3 Å². The molecule has 2 heterocycles. The van der Waals surface area contributed by atoms with E-state index >= 15 is 0 Å². The minimum Gasteiger partial charge on any atom is -0.356 e. The highest BCUT2D eigenvalue weighted by molar-refractivity contribution is 5.77. The van der Waals surface area contributed by atoms with E-state index in [2.05, 4.69) is 41.5 Å². The second kappa shape index (κ2) is 8.67. The number of hydrogen-bond acceptors (Lipinski definition) is 3. The van der Waals surface area contributed by atoms with Crippen molar-refractivity contribution in [2.24, 2.45) is 0 Å². The predicted octanol–water partition coefficient (Wildman–Crippen LogP) is 2.21. The Balaban J connectivity index is 1.49. The summed E-state index contributed by atoms with van der Waals surface area (Å²) in [5.74, 6) is 0.411. The lowest BCUT2D eigenvalue weighted by Gasteiger charge is -2.49. The Morgan fingerprint density at radius 2 is 1.96 bits per heavy atom. The molecule has 5 heteroatoms. The van der Waals surface area contributed by atoms with Crippen LogP contribution < -0.4 is 5.32 Å². The molecule has 26 heavy (non-hydrogen) atoms. The lowest BCUT2D eigenvalue weighted by Crippen LogP contribution is -2.62. The van der Waals surface area contributed by atoms with Crippen LogP contribution in [0.4, 0.5) is 0 Å². The van der Waals surface area contributed by atoms with E-state index in [1.54, 1.807) is 0 Å². The molecule has 1 spiro atoms. The topological polar surface area (TPSA) is 52.6 Å². The summed E-state index contributed by atoms with van der Waals surface area (Å²) < 4.78 is 0. The number of nitrogens with one attached hydrogen (secondary N) is 1. The average Bonchev–Trinajstić information content (AvgIpc) is 2.84. The molecule has 0 radical (unpaired) electrons. The summed E-state index contributed by atoms with van der Waals surface area (Å²) in [6.45, 7) is 3.17. The Kier molecular flexibility index (Phi) is 6.30. The van der Waals surface area contributed by atoms with Crippen molar-refractivity contribution < 1.29 is 9.59 Å². The van der Waals surface area contributed by atoms with E-state index < -0.39 is 0 Å². The highest BCUT2D eigenvalue weighted by atomic mass is 16.2. The van der Waals surface area contributed by atoms with Crippen molar-refractivity contribution in [2.45, 2.75) is 50.5 Å². The number of benzene rings is 1. The summed E-state index contributed by atoms with van der Waals surface area (Å²) in [7, 11) is 2.14. The molecule has 1 aromatic rings. The zero-order chi connectivity index (χ0) is 18.4. The Morgan fingerprint density at radius 3 is 2.77 bits per heavy atom. The molecule has 1 N–H and O–H groups in total. The molecule has 2 saturated heterocycles. The highest BCUT2D eigenvalue weighted by Crippen LogP contribution is 2.30. The normalized spacial score (nSPS) is 24.3. The minimum atomic E-state index is -0.0445. The van der Waals surface area contributed by atoms with Crippen LogP contribution in [0.2, 0.25) is 0 Å². The van der Waals surface area contributed by atoms with Crippen molar-refractivity contribution >= 4 is 11.8 Å². The maximum Gasteiger partial charge on any atom is 0.222 e. The van der Waals surface area contributed by atoms with E-state index in [0.717, 1.165) is 51.7 Å². The molecule has 0 bridgehead atoms. The first-order chi connectivity index (χ1) is 12.6. The van der Waals surface area contributed by atoms with Gasteiger partial charge in [0.2, 0.25) is 11.8 Å². The average molecular weight is 357 g/mol. The van der Waals surface area contributed by atoms with Crippen molar-refractivity contribution in [1.82, 2.24) is 15.1 Å². The third kappa shape index (κ3) is 4.64. The lowest BCUT2D eigenvalue weighted by molar-refractivity contribution is -0.137. The second-order valence-electron chi connectivity index (χ2n) is 7.75. The monoisotopic (exact) mass is 357 g/mol. The summed E-state index contributed by atoms with van der Waals surface area (Å²) in [4.78, 5) is 28.8. The number of unbranched alkanes of at least 4 members (excludes halogenated alkanes) is 1. The van der Waals surface area contributed by atoms with Gasteiger partial charge in [0.25, 0.3) is 0 Å². The lowest BCUT2D eigenvalue weighted by atomic mass is 9.86. The summed E-state index contributed by atoms with van der Waals surface area (Å²) in [5.41, 5.74) is 1.30. The molecule has 5 nitrogen and oxygen atoms in total. The van der Waals surface area contributed by atoms with Crippen molar-refractivity contribution in [3.63, 3.8) is 0 Å². The number of hydrogen-bond donors (Lipinski definition) is 1. The van der Waals surface area contributed by atoms with Gasteiger partial charge in [0.15, 0.2) is 0 Å². The number of aryl methyl sites for hydroxylation is 1. The Morgan fingerprint density at radius 1 is 1.15 bits per heavy atom. The molecule has 1 aromatic carbocycles. The van der Waals surface area contributed by atoms with Crippen molar-refractivity contribution in [3.8, 4) is 0 Å². The van der Waals surface area contributed by atoms with Crippen molar-refractivity contribution in [2.75, 3.05) is 33.2 Å². The maximum absolute atomic E-state index is 12.7. The SMILES string of the molecule is CN1CCN(C(=O)CCCCc2ccccc2)C[C@@]12CCNC(=O)CC2. The van der Waals surface area contributed by atoms with Gasteiger partial charge in [-0.15, -0.1) is 0 Å². The first-order valence-corrected chi connectivity index (χ1v) is 9.89. The van der Waals surface area contributed by atoms with Crippen LogP contribution in [0, 0.1) is 0 Å². The van der Waals surface area contributed by atoms with Gasteiger partial charge in [0.1, 0.15) is 0 Å². The van der Waals surface area contributed by atoms with E-state index in [1.165, 1.54) is 5.56 Å². The molecule has 2 fully saturated rings. The second-order valence-corrected chi connectivity index (χ2v) is 7.75. The molecule has 0 aliphatic carbocycles. The zero-order valence-electron chi connectivity index (χ0n) is 15.9. The number of rotatable bonds is 5. The van der Waals surface area contributed by atoms with Crippen LogP contribution in [0.15, 0.2) is 30.3 Å².